The van der Waals surface area contributed by atoms with Crippen LogP contribution in [0.1, 0.15) is 11.1 Å². The minimum Gasteiger partial charge on any atom is -0.509 e. The lowest BCUT2D eigenvalue weighted by atomic mass is 10.0. The van der Waals surface area contributed by atoms with Crippen molar-refractivity contribution in [2.24, 2.45) is 0 Å². The summed E-state index contributed by atoms with van der Waals surface area (Å²) in [6.07, 6.45) is 0.153. The molecule has 32 heavy (non-hydrogen) atoms. The molecule has 2 atom stereocenters. The fourth-order valence-electron chi connectivity index (χ4n) is 3.54. The van der Waals surface area contributed by atoms with Crippen LogP contribution in [0.15, 0.2) is 66.1 Å². The van der Waals surface area contributed by atoms with Crippen molar-refractivity contribution in [1.29, 1.82) is 0 Å². The van der Waals surface area contributed by atoms with E-state index in [0.717, 1.165) is 11.1 Å². The van der Waals surface area contributed by atoms with Gasteiger partial charge in [0.25, 0.3) is 5.91 Å². The van der Waals surface area contributed by atoms with Gasteiger partial charge in [0.1, 0.15) is 29.5 Å². The van der Waals surface area contributed by atoms with Gasteiger partial charge in [-0.3, -0.25) is 14.5 Å². The summed E-state index contributed by atoms with van der Waals surface area (Å²) in [4.78, 5) is 38.9. The average Bonchev–Trinajstić information content (AvgIpc) is 2.81. The molecular weight excluding hydrogens is 432 g/mol. The first kappa shape index (κ1) is 21.8. The molecule has 0 aliphatic carbocycles. The number of aliphatic hydroxyl groups is 1. The van der Waals surface area contributed by atoms with Gasteiger partial charge in [-0.15, -0.1) is 11.8 Å². The summed E-state index contributed by atoms with van der Waals surface area (Å²) >= 11 is 1.28. The van der Waals surface area contributed by atoms with Crippen LogP contribution in [0.3, 0.4) is 0 Å². The first-order valence-corrected chi connectivity index (χ1v) is 11.0. The second-order valence-electron chi connectivity index (χ2n) is 7.34. The van der Waals surface area contributed by atoms with Crippen molar-refractivity contribution < 1.29 is 29.0 Å². The van der Waals surface area contributed by atoms with E-state index in [1.165, 1.54) is 16.7 Å². The molecule has 2 N–H and O–H groups in total. The van der Waals surface area contributed by atoms with Crippen LogP contribution in [0.2, 0.25) is 0 Å². The largest absolute Gasteiger partial charge is 0.509 e. The fraction of sp³-hybridized carbons (Fsp3) is 0.261. The molecule has 166 valence electrons. The number of benzene rings is 2. The second-order valence-corrected chi connectivity index (χ2v) is 8.44. The molecule has 2 aromatic rings. The monoisotopic (exact) mass is 454 g/mol. The van der Waals surface area contributed by atoms with E-state index >= 15 is 0 Å². The van der Waals surface area contributed by atoms with Gasteiger partial charge in [0.15, 0.2) is 5.70 Å². The summed E-state index contributed by atoms with van der Waals surface area (Å²) in [5, 5.41) is 12.5. The molecule has 0 spiro atoms. The van der Waals surface area contributed by atoms with Crippen molar-refractivity contribution in [2.75, 3.05) is 12.9 Å². The van der Waals surface area contributed by atoms with Gasteiger partial charge >= 0.3 is 5.97 Å². The quantitative estimate of drug-likeness (QED) is 0.488. The number of β-lactam (4-membered cyclic amide) rings is 1. The maximum atomic E-state index is 12.7. The summed E-state index contributed by atoms with van der Waals surface area (Å²) in [6, 6.07) is 15.5. The van der Waals surface area contributed by atoms with Gasteiger partial charge in [0.05, 0.1) is 19.3 Å². The minimum absolute atomic E-state index is 0.0172. The lowest BCUT2D eigenvalue weighted by Crippen LogP contribution is -2.70. The average molecular weight is 455 g/mol. The van der Waals surface area contributed by atoms with Crippen molar-refractivity contribution >= 4 is 29.5 Å². The number of rotatable bonds is 7. The number of nitrogens with one attached hydrogen (secondary N) is 1. The number of hydrogen-bond donors (Lipinski definition) is 2. The molecule has 2 aliphatic heterocycles. The Morgan fingerprint density at radius 3 is 2.53 bits per heavy atom. The Balaban J connectivity index is 1.37. The zero-order valence-corrected chi connectivity index (χ0v) is 18.1. The van der Waals surface area contributed by atoms with Gasteiger partial charge in [-0.1, -0.05) is 42.5 Å². The number of esters is 1. The smallest absolute Gasteiger partial charge is 0.358 e. The Bertz CT molecular complexity index is 1050. The zero-order valence-electron chi connectivity index (χ0n) is 17.3. The molecule has 2 aromatic carbocycles. The molecule has 8 nitrogen and oxygen atoms in total. The normalized spacial score (nSPS) is 19.7. The van der Waals surface area contributed by atoms with E-state index in [9.17, 15) is 19.5 Å². The van der Waals surface area contributed by atoms with Crippen molar-refractivity contribution in [1.82, 2.24) is 10.2 Å². The molecule has 2 heterocycles. The first-order chi connectivity index (χ1) is 15.5. The van der Waals surface area contributed by atoms with Gasteiger partial charge in [-0.05, 0) is 23.3 Å². The molecule has 1 saturated heterocycles. The van der Waals surface area contributed by atoms with E-state index in [4.69, 9.17) is 9.47 Å². The maximum Gasteiger partial charge on any atom is 0.358 e. The molecule has 0 radical (unpaired) electrons. The summed E-state index contributed by atoms with van der Waals surface area (Å²) in [5.41, 5.74) is 1.41. The molecular formula is C23H22N2O6S. The van der Waals surface area contributed by atoms with Gasteiger partial charge in [-0.2, -0.15) is 0 Å². The lowest BCUT2D eigenvalue weighted by molar-refractivity contribution is -0.153. The van der Waals surface area contributed by atoms with Crippen LogP contribution in [-0.4, -0.2) is 52.1 Å². The van der Waals surface area contributed by atoms with Gasteiger partial charge in [-0.25, -0.2) is 4.79 Å². The number of aliphatic hydroxyl groups excluding tert-OH is 1. The molecule has 4 rings (SSSR count). The Morgan fingerprint density at radius 2 is 1.84 bits per heavy atom. The zero-order chi connectivity index (χ0) is 22.7. The minimum atomic E-state index is -0.786. The predicted octanol–water partition coefficient (Wildman–Crippen LogP) is 2.15. The van der Waals surface area contributed by atoms with Gasteiger partial charge < -0.3 is 19.9 Å². The standard InChI is InChI=1S/C23H22N2O6S/c1-30-16-9-7-15(8-10-16)12-31-23(29)20-17(26)13-32-22-19(21(28)25(20)22)24-18(27)11-14-5-3-2-4-6-14/h2-10,19,22,26H,11-13H2,1H3,(H,24,27)/t19-,22-/m0/s1. The van der Waals surface area contributed by atoms with Crippen LogP contribution >= 0.6 is 11.8 Å². The number of amides is 2. The number of hydrogen-bond acceptors (Lipinski definition) is 7. The highest BCUT2D eigenvalue weighted by molar-refractivity contribution is 8.00. The summed E-state index contributed by atoms with van der Waals surface area (Å²) in [6.45, 7) is -0.0172. The Morgan fingerprint density at radius 1 is 1.12 bits per heavy atom. The molecule has 2 amide bonds. The van der Waals surface area contributed by atoms with Crippen molar-refractivity contribution in [2.45, 2.75) is 24.4 Å². The number of methoxy groups -OCH3 is 1. The third kappa shape index (κ3) is 4.43. The number of thioether (sulfide) groups is 1. The molecule has 0 saturated carbocycles. The Kier molecular flexibility index (Phi) is 6.36. The van der Waals surface area contributed by atoms with Crippen LogP contribution in [0, 0.1) is 0 Å². The van der Waals surface area contributed by atoms with E-state index < -0.39 is 23.3 Å². The number of fused-ring (bicyclic) bond motifs is 1. The van der Waals surface area contributed by atoms with E-state index in [2.05, 4.69) is 5.32 Å². The predicted molar refractivity (Wildman–Crippen MR) is 118 cm³/mol. The summed E-state index contributed by atoms with van der Waals surface area (Å²) in [7, 11) is 1.56. The molecule has 2 aliphatic rings. The van der Waals surface area contributed by atoms with Gasteiger partial charge in [0, 0.05) is 0 Å². The second kappa shape index (κ2) is 9.35. The van der Waals surface area contributed by atoms with Crippen molar-refractivity contribution in [3.63, 3.8) is 0 Å². The van der Waals surface area contributed by atoms with E-state index in [0.29, 0.717) is 5.75 Å². The molecule has 9 heteroatoms. The number of carbonyl (C=O) groups excluding carboxylic acids is 3. The number of carbonyl (C=O) groups is 3. The summed E-state index contributed by atoms with van der Waals surface area (Å²) in [5.74, 6) is -0.908. The highest BCUT2D eigenvalue weighted by Crippen LogP contribution is 2.40. The maximum absolute atomic E-state index is 12.7. The van der Waals surface area contributed by atoms with Crippen LogP contribution in [0.4, 0.5) is 0 Å². The van der Waals surface area contributed by atoms with Gasteiger partial charge in [0.2, 0.25) is 5.91 Å². The van der Waals surface area contributed by atoms with E-state index in [-0.39, 0.29) is 36.1 Å². The topological polar surface area (TPSA) is 105 Å². The van der Waals surface area contributed by atoms with E-state index in [1.54, 1.807) is 31.4 Å². The van der Waals surface area contributed by atoms with Crippen LogP contribution < -0.4 is 10.1 Å². The molecule has 0 bridgehead atoms. The third-order valence-electron chi connectivity index (χ3n) is 5.19. The highest BCUT2D eigenvalue weighted by Gasteiger charge is 2.54. The molecule has 0 aromatic heterocycles. The first-order valence-electron chi connectivity index (χ1n) is 9.98. The lowest BCUT2D eigenvalue weighted by Gasteiger charge is -2.48. The Hall–Kier alpha value is -3.46. The molecule has 0 unspecified atom stereocenters. The number of nitrogens with zero attached hydrogens (tertiary/aromatic N) is 1. The third-order valence-corrected chi connectivity index (χ3v) is 6.46. The highest BCUT2D eigenvalue weighted by atomic mass is 32.2. The summed E-state index contributed by atoms with van der Waals surface area (Å²) < 4.78 is 10.4. The van der Waals surface area contributed by atoms with Crippen molar-refractivity contribution in [3.05, 3.63) is 77.2 Å². The Labute approximate surface area is 189 Å². The number of ether oxygens (including phenoxy) is 2. The van der Waals surface area contributed by atoms with Crippen LogP contribution in [0.25, 0.3) is 0 Å². The fourth-order valence-corrected chi connectivity index (χ4v) is 4.74. The van der Waals surface area contributed by atoms with Crippen LogP contribution in [0.5, 0.6) is 5.75 Å². The molecule has 1 fully saturated rings. The SMILES string of the molecule is COc1ccc(COC(=O)C2=C(O)CS[C@H]3[C@@H](NC(=O)Cc4ccccc4)C(=O)N23)cc1. The van der Waals surface area contributed by atoms with Crippen LogP contribution in [-0.2, 0) is 32.1 Å². The van der Waals surface area contributed by atoms with Crippen molar-refractivity contribution in [3.8, 4) is 5.75 Å². The van der Waals surface area contributed by atoms with E-state index in [1.807, 2.05) is 30.3 Å².